The van der Waals surface area contributed by atoms with Crippen LogP contribution in [0.5, 0.6) is 0 Å². The van der Waals surface area contributed by atoms with Gasteiger partial charge in [-0.1, -0.05) is 6.42 Å². The molecule has 0 radical (unpaired) electrons. The summed E-state index contributed by atoms with van der Waals surface area (Å²) in [5, 5.41) is 17.8. The molecule has 1 aliphatic carbocycles. The Hall–Kier alpha value is -1.76. The maximum atomic E-state index is 10.9. The van der Waals surface area contributed by atoms with Crippen LogP contribution in [0.3, 0.4) is 0 Å². The molecule has 0 unspecified atom stereocenters. The largest absolute Gasteiger partial charge is 0.477 e. The number of carboxylic acids is 1. The second-order valence-electron chi connectivity index (χ2n) is 4.51. The van der Waals surface area contributed by atoms with Gasteiger partial charge in [-0.3, -0.25) is 0 Å². The molecule has 1 saturated carbocycles. The number of aromatic carboxylic acids is 1. The fourth-order valence-corrected chi connectivity index (χ4v) is 2.34. The van der Waals surface area contributed by atoms with E-state index in [-0.39, 0.29) is 5.41 Å². The van der Waals surface area contributed by atoms with Gasteiger partial charge in [0.2, 0.25) is 0 Å². The van der Waals surface area contributed by atoms with E-state index in [1.165, 1.54) is 0 Å². The molecule has 0 amide bonds. The molecule has 4 nitrogen and oxygen atoms in total. The summed E-state index contributed by atoms with van der Waals surface area (Å²) in [6.07, 6.45) is 5.49. The van der Waals surface area contributed by atoms with Crippen molar-refractivity contribution in [1.29, 1.82) is 5.26 Å². The van der Waals surface area contributed by atoms with E-state index in [4.69, 9.17) is 10.4 Å². The molecule has 1 aromatic heterocycles. The standard InChI is InChI=1S/C12H14N2O2/c13-7-6-12(4-2-5-12)9-14-8-1-3-10(14)11(15)16/h1,3,8H,2,4-6,9H2,(H,15,16). The number of nitrogens with zero attached hydrogens (tertiary/aromatic N) is 2. The minimum atomic E-state index is -0.906. The first-order valence-corrected chi connectivity index (χ1v) is 5.42. The van der Waals surface area contributed by atoms with Gasteiger partial charge in [0.15, 0.2) is 0 Å². The molecule has 16 heavy (non-hydrogen) atoms. The second kappa shape index (κ2) is 4.01. The van der Waals surface area contributed by atoms with Gasteiger partial charge in [0.25, 0.3) is 0 Å². The van der Waals surface area contributed by atoms with Gasteiger partial charge in [0.1, 0.15) is 5.69 Å². The van der Waals surface area contributed by atoms with E-state index in [9.17, 15) is 4.79 Å². The zero-order valence-corrected chi connectivity index (χ0v) is 9.02. The molecule has 0 aliphatic heterocycles. The predicted octanol–water partition coefficient (Wildman–Crippen LogP) is 2.27. The highest BCUT2D eigenvalue weighted by Crippen LogP contribution is 2.45. The van der Waals surface area contributed by atoms with Crippen LogP contribution in [0.1, 0.15) is 36.2 Å². The molecule has 1 aliphatic rings. The second-order valence-corrected chi connectivity index (χ2v) is 4.51. The maximum absolute atomic E-state index is 10.9. The molecule has 0 atom stereocenters. The third-order valence-electron chi connectivity index (χ3n) is 3.42. The molecule has 2 rings (SSSR count). The first-order chi connectivity index (χ1) is 7.67. The normalized spacial score (nSPS) is 17.4. The van der Waals surface area contributed by atoms with Crippen LogP contribution in [-0.2, 0) is 6.54 Å². The average molecular weight is 218 g/mol. The van der Waals surface area contributed by atoms with Crippen LogP contribution in [0.4, 0.5) is 0 Å². The monoisotopic (exact) mass is 218 g/mol. The van der Waals surface area contributed by atoms with Crippen molar-refractivity contribution in [2.75, 3.05) is 0 Å². The van der Waals surface area contributed by atoms with Crippen LogP contribution in [0.2, 0.25) is 0 Å². The minimum absolute atomic E-state index is 0.0119. The lowest BCUT2D eigenvalue weighted by Crippen LogP contribution is -2.34. The maximum Gasteiger partial charge on any atom is 0.352 e. The topological polar surface area (TPSA) is 66.0 Å². The first kappa shape index (κ1) is 10.7. The molecule has 1 aromatic rings. The number of nitriles is 1. The van der Waals surface area contributed by atoms with Crippen LogP contribution in [0, 0.1) is 16.7 Å². The van der Waals surface area contributed by atoms with Gasteiger partial charge < -0.3 is 9.67 Å². The van der Waals surface area contributed by atoms with Gasteiger partial charge >= 0.3 is 5.97 Å². The molecule has 0 bridgehead atoms. The van der Waals surface area contributed by atoms with Crippen LogP contribution in [-0.4, -0.2) is 15.6 Å². The van der Waals surface area contributed by atoms with Crippen LogP contribution in [0.15, 0.2) is 18.3 Å². The van der Waals surface area contributed by atoms with Gasteiger partial charge in [-0.2, -0.15) is 5.26 Å². The number of carbonyl (C=O) groups is 1. The molecule has 1 heterocycles. The Bertz CT molecular complexity index is 438. The third kappa shape index (κ3) is 1.81. The van der Waals surface area contributed by atoms with E-state index in [0.29, 0.717) is 18.7 Å². The number of aromatic nitrogens is 1. The SMILES string of the molecule is N#CCC1(Cn2cccc2C(=O)O)CCC1. The summed E-state index contributed by atoms with van der Waals surface area (Å²) in [7, 11) is 0. The van der Waals surface area contributed by atoms with E-state index >= 15 is 0 Å². The summed E-state index contributed by atoms with van der Waals surface area (Å²) < 4.78 is 1.75. The lowest BCUT2D eigenvalue weighted by molar-refractivity contribution is 0.0667. The first-order valence-electron chi connectivity index (χ1n) is 5.42. The van der Waals surface area contributed by atoms with Crippen molar-refractivity contribution in [2.45, 2.75) is 32.2 Å². The van der Waals surface area contributed by atoms with E-state index < -0.39 is 5.97 Å². The number of hydrogen-bond donors (Lipinski definition) is 1. The molecule has 1 fully saturated rings. The highest BCUT2D eigenvalue weighted by Gasteiger charge is 2.37. The summed E-state index contributed by atoms with van der Waals surface area (Å²) in [6.45, 7) is 0.648. The van der Waals surface area contributed by atoms with E-state index in [0.717, 1.165) is 19.3 Å². The van der Waals surface area contributed by atoms with E-state index in [1.807, 2.05) is 0 Å². The van der Waals surface area contributed by atoms with E-state index in [1.54, 1.807) is 22.9 Å². The van der Waals surface area contributed by atoms with Crippen molar-refractivity contribution in [1.82, 2.24) is 4.57 Å². The molecule has 84 valence electrons. The molecule has 0 saturated heterocycles. The summed E-state index contributed by atoms with van der Waals surface area (Å²) in [5.74, 6) is -0.906. The fraction of sp³-hybridized carbons (Fsp3) is 0.500. The smallest absolute Gasteiger partial charge is 0.352 e. The van der Waals surface area contributed by atoms with Crippen molar-refractivity contribution < 1.29 is 9.90 Å². The molecular weight excluding hydrogens is 204 g/mol. The van der Waals surface area contributed by atoms with Crippen molar-refractivity contribution >= 4 is 5.97 Å². The molecule has 4 heteroatoms. The molecule has 1 N–H and O–H groups in total. The number of rotatable bonds is 4. The Morgan fingerprint density at radius 2 is 2.38 bits per heavy atom. The van der Waals surface area contributed by atoms with Gasteiger partial charge in [-0.05, 0) is 25.0 Å². The highest BCUT2D eigenvalue weighted by atomic mass is 16.4. The Labute approximate surface area is 94.1 Å². The lowest BCUT2D eigenvalue weighted by atomic mass is 9.67. The lowest BCUT2D eigenvalue weighted by Gasteiger charge is -2.40. The van der Waals surface area contributed by atoms with Crippen LogP contribution >= 0.6 is 0 Å². The van der Waals surface area contributed by atoms with Crippen molar-refractivity contribution in [3.8, 4) is 6.07 Å². The fourth-order valence-electron chi connectivity index (χ4n) is 2.34. The predicted molar refractivity (Wildman–Crippen MR) is 57.9 cm³/mol. The minimum Gasteiger partial charge on any atom is -0.477 e. The van der Waals surface area contributed by atoms with Gasteiger partial charge in [-0.15, -0.1) is 0 Å². The number of hydrogen-bond acceptors (Lipinski definition) is 2. The Morgan fingerprint density at radius 3 is 2.88 bits per heavy atom. The zero-order chi connectivity index (χ0) is 11.6. The van der Waals surface area contributed by atoms with Crippen LogP contribution in [0.25, 0.3) is 0 Å². The quantitative estimate of drug-likeness (QED) is 0.843. The Balaban J connectivity index is 2.17. The summed E-state index contributed by atoms with van der Waals surface area (Å²) in [6, 6.07) is 5.55. The highest BCUT2D eigenvalue weighted by molar-refractivity contribution is 5.85. The zero-order valence-electron chi connectivity index (χ0n) is 9.02. The molecular formula is C12H14N2O2. The van der Waals surface area contributed by atoms with Crippen molar-refractivity contribution in [3.63, 3.8) is 0 Å². The third-order valence-corrected chi connectivity index (χ3v) is 3.42. The molecule has 0 aromatic carbocycles. The van der Waals surface area contributed by atoms with Gasteiger partial charge in [0.05, 0.1) is 6.07 Å². The van der Waals surface area contributed by atoms with Crippen molar-refractivity contribution in [2.24, 2.45) is 5.41 Å². The van der Waals surface area contributed by atoms with Crippen molar-refractivity contribution in [3.05, 3.63) is 24.0 Å². The van der Waals surface area contributed by atoms with E-state index in [2.05, 4.69) is 6.07 Å². The number of carboxylic acid groups (broad SMARTS) is 1. The van der Waals surface area contributed by atoms with Gasteiger partial charge in [0, 0.05) is 24.6 Å². The Morgan fingerprint density at radius 1 is 1.62 bits per heavy atom. The average Bonchev–Trinajstić information content (AvgIpc) is 2.62. The molecule has 0 spiro atoms. The van der Waals surface area contributed by atoms with Gasteiger partial charge in [-0.25, -0.2) is 4.79 Å². The summed E-state index contributed by atoms with van der Waals surface area (Å²) in [4.78, 5) is 10.9. The summed E-state index contributed by atoms with van der Waals surface area (Å²) in [5.41, 5.74) is 0.321. The summed E-state index contributed by atoms with van der Waals surface area (Å²) >= 11 is 0. The Kier molecular flexibility index (Phi) is 2.69. The van der Waals surface area contributed by atoms with Crippen LogP contribution < -0.4 is 0 Å².